The Balaban J connectivity index is 1.65. The van der Waals surface area contributed by atoms with Crippen molar-refractivity contribution in [2.75, 3.05) is 13.1 Å². The minimum atomic E-state index is -3.49. The number of aromatic nitrogens is 4. The van der Waals surface area contributed by atoms with Crippen molar-refractivity contribution in [3.8, 4) is 0 Å². The summed E-state index contributed by atoms with van der Waals surface area (Å²) in [5.74, 6) is 0.248. The maximum absolute atomic E-state index is 12.6. The van der Waals surface area contributed by atoms with Gasteiger partial charge in [-0.25, -0.2) is 13.1 Å². The molecular weight excluding hydrogens is 330 g/mol. The van der Waals surface area contributed by atoms with Gasteiger partial charge in [-0.3, -0.25) is 9.48 Å². The molecule has 130 valence electrons. The number of nitrogens with zero attached hydrogens (tertiary/aromatic N) is 5. The van der Waals surface area contributed by atoms with E-state index in [2.05, 4.69) is 10.2 Å². The third-order valence-electron chi connectivity index (χ3n) is 4.32. The largest absolute Gasteiger partial charge is 0.274 e. The summed E-state index contributed by atoms with van der Waals surface area (Å²) in [5, 5.41) is 8.18. The lowest BCUT2D eigenvalue weighted by molar-refractivity contribution is 0.244. The molecule has 1 saturated heterocycles. The number of sulfonamides is 1. The van der Waals surface area contributed by atoms with E-state index in [9.17, 15) is 13.2 Å². The first kappa shape index (κ1) is 16.8. The van der Waals surface area contributed by atoms with Gasteiger partial charge in [-0.1, -0.05) is 0 Å². The first-order valence-corrected chi connectivity index (χ1v) is 9.34. The lowest BCUT2D eigenvalue weighted by Crippen LogP contribution is -2.40. The molecule has 0 aromatic carbocycles. The van der Waals surface area contributed by atoms with Crippen LogP contribution in [0, 0.1) is 12.8 Å². The molecule has 3 rings (SSSR count). The van der Waals surface area contributed by atoms with Gasteiger partial charge < -0.3 is 0 Å². The first-order chi connectivity index (χ1) is 11.4. The smallest absolute Gasteiger partial charge is 0.266 e. The second-order valence-corrected chi connectivity index (χ2v) is 8.13. The standard InChI is InChI=1S/C15H21N5O3S/c1-12-3-4-15(21)20(17-12)10-13-5-7-19(8-6-13)24(22,23)14-9-16-18(2)11-14/h3-4,9,11,13H,5-8,10H2,1-2H3. The van der Waals surface area contributed by atoms with Gasteiger partial charge in [0.05, 0.1) is 11.9 Å². The van der Waals surface area contributed by atoms with Crippen molar-refractivity contribution in [3.63, 3.8) is 0 Å². The molecule has 0 radical (unpaired) electrons. The summed E-state index contributed by atoms with van der Waals surface area (Å²) in [6.07, 6.45) is 4.30. The molecule has 2 aromatic rings. The van der Waals surface area contributed by atoms with E-state index in [0.717, 1.165) is 5.69 Å². The highest BCUT2D eigenvalue weighted by atomic mass is 32.2. The lowest BCUT2D eigenvalue weighted by Gasteiger charge is -2.30. The maximum atomic E-state index is 12.6. The van der Waals surface area contributed by atoms with Crippen molar-refractivity contribution in [2.24, 2.45) is 13.0 Å². The number of hydrogen-bond donors (Lipinski definition) is 0. The zero-order valence-electron chi connectivity index (χ0n) is 13.8. The van der Waals surface area contributed by atoms with Gasteiger partial charge in [0.1, 0.15) is 4.90 Å². The third-order valence-corrected chi connectivity index (χ3v) is 6.18. The SMILES string of the molecule is Cc1ccc(=O)n(CC2CCN(S(=O)(=O)c3cnn(C)c3)CC2)n1. The minimum absolute atomic E-state index is 0.119. The molecule has 0 spiro atoms. The fourth-order valence-corrected chi connectivity index (χ4v) is 4.40. The van der Waals surface area contributed by atoms with E-state index in [1.165, 1.54) is 32.1 Å². The Labute approximate surface area is 140 Å². The third kappa shape index (κ3) is 3.41. The van der Waals surface area contributed by atoms with Gasteiger partial charge in [-0.2, -0.15) is 14.5 Å². The van der Waals surface area contributed by atoms with E-state index < -0.39 is 10.0 Å². The zero-order valence-corrected chi connectivity index (χ0v) is 14.6. The molecule has 0 N–H and O–H groups in total. The summed E-state index contributed by atoms with van der Waals surface area (Å²) in [5.41, 5.74) is 0.678. The van der Waals surface area contributed by atoms with Crippen molar-refractivity contribution in [3.05, 3.63) is 40.6 Å². The van der Waals surface area contributed by atoms with E-state index in [0.29, 0.717) is 32.5 Å². The quantitative estimate of drug-likeness (QED) is 0.795. The molecule has 9 heteroatoms. The second kappa shape index (κ2) is 6.48. The van der Waals surface area contributed by atoms with E-state index in [4.69, 9.17) is 0 Å². The molecular formula is C15H21N5O3S. The highest BCUT2D eigenvalue weighted by Crippen LogP contribution is 2.24. The fourth-order valence-electron chi connectivity index (χ4n) is 2.94. The van der Waals surface area contributed by atoms with Crippen LogP contribution in [0.3, 0.4) is 0 Å². The monoisotopic (exact) mass is 351 g/mol. The molecule has 2 aromatic heterocycles. The first-order valence-electron chi connectivity index (χ1n) is 7.90. The molecule has 1 aliphatic heterocycles. The Morgan fingerprint density at radius 1 is 1.25 bits per heavy atom. The Hall–Kier alpha value is -2.00. The molecule has 1 aliphatic rings. The van der Waals surface area contributed by atoms with Gasteiger partial charge >= 0.3 is 0 Å². The number of hydrogen-bond acceptors (Lipinski definition) is 5. The van der Waals surface area contributed by atoms with Crippen molar-refractivity contribution < 1.29 is 8.42 Å². The average Bonchev–Trinajstić information content (AvgIpc) is 2.99. The highest BCUT2D eigenvalue weighted by molar-refractivity contribution is 7.89. The molecule has 0 amide bonds. The van der Waals surface area contributed by atoms with Crippen LogP contribution in [0.1, 0.15) is 18.5 Å². The van der Waals surface area contributed by atoms with E-state index in [1.807, 2.05) is 6.92 Å². The van der Waals surface area contributed by atoms with E-state index in [-0.39, 0.29) is 16.4 Å². The normalized spacial score (nSPS) is 17.2. The maximum Gasteiger partial charge on any atom is 0.266 e. The predicted molar refractivity (Wildman–Crippen MR) is 87.9 cm³/mol. The van der Waals surface area contributed by atoms with Crippen molar-refractivity contribution in [1.82, 2.24) is 23.9 Å². The Bertz CT molecular complexity index is 879. The summed E-state index contributed by atoms with van der Waals surface area (Å²) in [7, 11) is -1.79. The van der Waals surface area contributed by atoms with Crippen molar-refractivity contribution in [2.45, 2.75) is 31.2 Å². The van der Waals surface area contributed by atoms with Gasteiger partial charge in [0.2, 0.25) is 10.0 Å². The zero-order chi connectivity index (χ0) is 17.3. The average molecular weight is 351 g/mol. The Morgan fingerprint density at radius 2 is 1.96 bits per heavy atom. The summed E-state index contributed by atoms with van der Waals surface area (Å²) in [4.78, 5) is 12.1. The number of piperidine rings is 1. The summed E-state index contributed by atoms with van der Waals surface area (Å²) in [6, 6.07) is 3.21. The Morgan fingerprint density at radius 3 is 2.58 bits per heavy atom. The van der Waals surface area contributed by atoms with Crippen LogP contribution < -0.4 is 5.56 Å². The molecule has 3 heterocycles. The predicted octanol–water partition coefficient (Wildman–Crippen LogP) is 0.386. The molecule has 0 aliphatic carbocycles. The van der Waals surface area contributed by atoms with Crippen LogP contribution in [0.2, 0.25) is 0 Å². The summed E-state index contributed by atoms with van der Waals surface area (Å²) < 4.78 is 29.6. The summed E-state index contributed by atoms with van der Waals surface area (Å²) >= 11 is 0. The lowest BCUT2D eigenvalue weighted by atomic mass is 9.98. The van der Waals surface area contributed by atoms with Crippen LogP contribution in [0.25, 0.3) is 0 Å². The van der Waals surface area contributed by atoms with Crippen molar-refractivity contribution in [1.29, 1.82) is 0 Å². The van der Waals surface area contributed by atoms with Crippen LogP contribution >= 0.6 is 0 Å². The van der Waals surface area contributed by atoms with Crippen LogP contribution in [0.15, 0.2) is 34.2 Å². The van der Waals surface area contributed by atoms with Gasteiger partial charge in [0.15, 0.2) is 0 Å². The van der Waals surface area contributed by atoms with Gasteiger partial charge in [0, 0.05) is 38.9 Å². The number of aryl methyl sites for hydroxylation is 2. The van der Waals surface area contributed by atoms with Crippen LogP contribution in [0.4, 0.5) is 0 Å². The van der Waals surface area contributed by atoms with E-state index >= 15 is 0 Å². The molecule has 0 saturated carbocycles. The van der Waals surface area contributed by atoms with Gasteiger partial charge in [-0.05, 0) is 31.7 Å². The molecule has 0 atom stereocenters. The molecule has 0 unspecified atom stereocenters. The fraction of sp³-hybridized carbons (Fsp3) is 0.533. The highest BCUT2D eigenvalue weighted by Gasteiger charge is 2.30. The minimum Gasteiger partial charge on any atom is -0.274 e. The van der Waals surface area contributed by atoms with Crippen LogP contribution in [-0.2, 0) is 23.6 Å². The molecule has 0 bridgehead atoms. The van der Waals surface area contributed by atoms with Crippen molar-refractivity contribution >= 4 is 10.0 Å². The number of rotatable bonds is 4. The van der Waals surface area contributed by atoms with Crippen LogP contribution in [-0.4, -0.2) is 45.4 Å². The summed E-state index contributed by atoms with van der Waals surface area (Å²) in [6.45, 7) is 3.27. The second-order valence-electron chi connectivity index (χ2n) is 6.19. The molecule has 24 heavy (non-hydrogen) atoms. The van der Waals surface area contributed by atoms with Gasteiger partial charge in [-0.15, -0.1) is 0 Å². The molecule has 8 nitrogen and oxygen atoms in total. The molecule has 1 fully saturated rings. The van der Waals surface area contributed by atoms with E-state index in [1.54, 1.807) is 13.1 Å². The Kier molecular flexibility index (Phi) is 4.55. The topological polar surface area (TPSA) is 90.1 Å². The van der Waals surface area contributed by atoms with Gasteiger partial charge in [0.25, 0.3) is 5.56 Å². The van der Waals surface area contributed by atoms with Crippen LogP contribution in [0.5, 0.6) is 0 Å².